The van der Waals surface area contributed by atoms with Gasteiger partial charge in [0, 0.05) is 39.7 Å². The van der Waals surface area contributed by atoms with Gasteiger partial charge in [0.15, 0.2) is 0 Å². The summed E-state index contributed by atoms with van der Waals surface area (Å²) in [5.74, 6) is 0.957. The maximum atomic E-state index is 5.13. The monoisotopic (exact) mass is 209 g/mol. The Morgan fingerprint density at radius 3 is 2.93 bits per heavy atom. The van der Waals surface area contributed by atoms with E-state index in [0.717, 1.165) is 25.5 Å². The molecule has 0 aromatic carbocycles. The van der Waals surface area contributed by atoms with Crippen LogP contribution in [0.3, 0.4) is 0 Å². The molecule has 1 N–H and O–H groups in total. The second-order valence-corrected chi connectivity index (χ2v) is 4.46. The van der Waals surface area contributed by atoms with Crippen molar-refractivity contribution in [3.8, 4) is 0 Å². The van der Waals surface area contributed by atoms with E-state index in [1.165, 1.54) is 12.8 Å². The third kappa shape index (κ3) is 2.50. The minimum Gasteiger partial charge on any atom is -0.385 e. The summed E-state index contributed by atoms with van der Waals surface area (Å²) in [5, 5.41) is 3.40. The van der Waals surface area contributed by atoms with E-state index in [4.69, 9.17) is 4.74 Å². The van der Waals surface area contributed by atoms with Gasteiger partial charge in [-0.1, -0.05) is 0 Å². The smallest absolute Gasteiger partial charge is 0.202 e. The van der Waals surface area contributed by atoms with Crippen molar-refractivity contribution in [2.45, 2.75) is 19.3 Å². The molecule has 0 atom stereocenters. The van der Waals surface area contributed by atoms with E-state index >= 15 is 0 Å². The van der Waals surface area contributed by atoms with E-state index in [1.807, 2.05) is 24.0 Å². The van der Waals surface area contributed by atoms with Gasteiger partial charge >= 0.3 is 0 Å². The highest BCUT2D eigenvalue weighted by Gasteiger charge is 2.41. The van der Waals surface area contributed by atoms with Crippen LogP contribution in [0.1, 0.15) is 19.3 Å². The molecule has 1 saturated carbocycles. The largest absolute Gasteiger partial charge is 0.385 e. The van der Waals surface area contributed by atoms with Gasteiger partial charge in [-0.25, -0.2) is 4.98 Å². The van der Waals surface area contributed by atoms with Crippen molar-refractivity contribution in [1.29, 1.82) is 0 Å². The van der Waals surface area contributed by atoms with E-state index in [9.17, 15) is 0 Å². The summed E-state index contributed by atoms with van der Waals surface area (Å²) in [6.45, 7) is 1.88. The van der Waals surface area contributed by atoms with Crippen LogP contribution in [0, 0.1) is 5.41 Å². The van der Waals surface area contributed by atoms with Crippen molar-refractivity contribution in [1.82, 2.24) is 9.55 Å². The second-order valence-electron chi connectivity index (χ2n) is 4.46. The standard InChI is InChI=1S/C11H19N3O/c1-14-7-6-12-10(14)13-9-11(3-4-11)5-8-15-2/h6-7H,3-5,8-9H2,1-2H3,(H,12,13). The SMILES string of the molecule is COCCC1(CNc2nccn2C)CC1. The minimum absolute atomic E-state index is 0.474. The lowest BCUT2D eigenvalue weighted by Gasteiger charge is -2.15. The van der Waals surface area contributed by atoms with Gasteiger partial charge in [-0.3, -0.25) is 0 Å². The fourth-order valence-corrected chi connectivity index (χ4v) is 1.81. The molecule has 4 heteroatoms. The maximum absolute atomic E-state index is 5.13. The van der Waals surface area contributed by atoms with Crippen molar-refractivity contribution in [2.75, 3.05) is 25.6 Å². The predicted octanol–water partition coefficient (Wildman–Crippen LogP) is 1.65. The number of ether oxygens (including phenoxy) is 1. The summed E-state index contributed by atoms with van der Waals surface area (Å²) in [5.41, 5.74) is 0.474. The molecule has 1 heterocycles. The molecule has 2 rings (SSSR count). The molecule has 84 valence electrons. The molecule has 1 aliphatic carbocycles. The van der Waals surface area contributed by atoms with Gasteiger partial charge < -0.3 is 14.6 Å². The highest BCUT2D eigenvalue weighted by atomic mass is 16.5. The molecule has 0 amide bonds. The molecule has 0 aliphatic heterocycles. The maximum Gasteiger partial charge on any atom is 0.202 e. The quantitative estimate of drug-likeness (QED) is 0.774. The van der Waals surface area contributed by atoms with Gasteiger partial charge in [0.05, 0.1) is 0 Å². The van der Waals surface area contributed by atoms with Crippen LogP contribution in [-0.4, -0.2) is 29.8 Å². The Balaban J connectivity index is 1.80. The summed E-state index contributed by atoms with van der Waals surface area (Å²) in [6, 6.07) is 0. The van der Waals surface area contributed by atoms with Gasteiger partial charge in [0.25, 0.3) is 0 Å². The van der Waals surface area contributed by atoms with Gasteiger partial charge in [0.1, 0.15) is 0 Å². The van der Waals surface area contributed by atoms with Gasteiger partial charge in [0.2, 0.25) is 5.95 Å². The van der Waals surface area contributed by atoms with Crippen LogP contribution < -0.4 is 5.32 Å². The number of rotatable bonds is 6. The van der Waals surface area contributed by atoms with Gasteiger partial charge in [-0.05, 0) is 24.7 Å². The Morgan fingerprint density at radius 1 is 1.60 bits per heavy atom. The zero-order valence-electron chi connectivity index (χ0n) is 9.49. The molecule has 1 fully saturated rings. The fourth-order valence-electron chi connectivity index (χ4n) is 1.81. The molecule has 0 bridgehead atoms. The highest BCUT2D eigenvalue weighted by molar-refractivity contribution is 5.26. The van der Waals surface area contributed by atoms with Crippen LogP contribution in [0.4, 0.5) is 5.95 Å². The van der Waals surface area contributed by atoms with Crippen molar-refractivity contribution in [3.05, 3.63) is 12.4 Å². The molecule has 0 saturated heterocycles. The summed E-state index contributed by atoms with van der Waals surface area (Å²) >= 11 is 0. The van der Waals surface area contributed by atoms with Crippen LogP contribution in [0.5, 0.6) is 0 Å². The first-order valence-corrected chi connectivity index (χ1v) is 5.46. The Labute approximate surface area is 90.6 Å². The van der Waals surface area contributed by atoms with E-state index in [1.54, 1.807) is 7.11 Å². The van der Waals surface area contributed by atoms with E-state index < -0.39 is 0 Å². The number of nitrogens with zero attached hydrogens (tertiary/aromatic N) is 2. The van der Waals surface area contributed by atoms with E-state index in [2.05, 4.69) is 10.3 Å². The predicted molar refractivity (Wildman–Crippen MR) is 59.9 cm³/mol. The molecule has 0 radical (unpaired) electrons. The lowest BCUT2D eigenvalue weighted by molar-refractivity contribution is 0.174. The van der Waals surface area contributed by atoms with Crippen LogP contribution in [0.25, 0.3) is 0 Å². The summed E-state index contributed by atoms with van der Waals surface area (Å²) in [4.78, 5) is 4.25. The Hall–Kier alpha value is -1.03. The first-order chi connectivity index (χ1) is 7.26. The summed E-state index contributed by atoms with van der Waals surface area (Å²) < 4.78 is 7.14. The van der Waals surface area contributed by atoms with Gasteiger partial charge in [-0.15, -0.1) is 0 Å². The van der Waals surface area contributed by atoms with Crippen molar-refractivity contribution >= 4 is 5.95 Å². The highest BCUT2D eigenvalue weighted by Crippen LogP contribution is 2.48. The number of anilines is 1. The number of methoxy groups -OCH3 is 1. The van der Waals surface area contributed by atoms with Gasteiger partial charge in [-0.2, -0.15) is 0 Å². The number of aromatic nitrogens is 2. The molecule has 1 aromatic rings. The van der Waals surface area contributed by atoms with Crippen LogP contribution in [0.15, 0.2) is 12.4 Å². The van der Waals surface area contributed by atoms with Crippen molar-refractivity contribution in [2.24, 2.45) is 12.5 Å². The summed E-state index contributed by atoms with van der Waals surface area (Å²) in [7, 11) is 3.77. The van der Waals surface area contributed by atoms with E-state index in [-0.39, 0.29) is 0 Å². The first-order valence-electron chi connectivity index (χ1n) is 5.46. The Kier molecular flexibility index (Phi) is 2.95. The van der Waals surface area contributed by atoms with E-state index in [0.29, 0.717) is 5.41 Å². The number of hydrogen-bond acceptors (Lipinski definition) is 3. The molecule has 15 heavy (non-hydrogen) atoms. The lowest BCUT2D eigenvalue weighted by atomic mass is 10.0. The topological polar surface area (TPSA) is 39.1 Å². The lowest BCUT2D eigenvalue weighted by Crippen LogP contribution is -2.18. The molecule has 4 nitrogen and oxygen atoms in total. The molecule has 0 spiro atoms. The van der Waals surface area contributed by atoms with Crippen molar-refractivity contribution < 1.29 is 4.74 Å². The number of imidazole rings is 1. The first kappa shape index (κ1) is 10.5. The minimum atomic E-state index is 0.474. The average Bonchev–Trinajstić information content (AvgIpc) is 2.90. The van der Waals surface area contributed by atoms with Crippen molar-refractivity contribution in [3.63, 3.8) is 0 Å². The molecular weight excluding hydrogens is 190 g/mol. The number of aryl methyl sites for hydroxylation is 1. The third-order valence-electron chi connectivity index (χ3n) is 3.24. The molecule has 1 aromatic heterocycles. The zero-order valence-corrected chi connectivity index (χ0v) is 9.49. The van der Waals surface area contributed by atoms with Crippen LogP contribution in [-0.2, 0) is 11.8 Å². The zero-order chi connectivity index (χ0) is 10.7. The third-order valence-corrected chi connectivity index (χ3v) is 3.24. The normalized spacial score (nSPS) is 17.7. The van der Waals surface area contributed by atoms with Crippen LogP contribution >= 0.6 is 0 Å². The molecule has 1 aliphatic rings. The fraction of sp³-hybridized carbons (Fsp3) is 0.727. The second kappa shape index (κ2) is 4.23. The number of hydrogen-bond donors (Lipinski definition) is 1. The summed E-state index contributed by atoms with van der Waals surface area (Å²) in [6.07, 6.45) is 7.55. The Morgan fingerprint density at radius 2 is 2.40 bits per heavy atom. The molecule has 0 unspecified atom stereocenters. The van der Waals surface area contributed by atoms with Crippen LogP contribution in [0.2, 0.25) is 0 Å². The average molecular weight is 209 g/mol. The number of nitrogens with one attached hydrogen (secondary N) is 1. The molecular formula is C11H19N3O. The Bertz CT molecular complexity index is 317.